The lowest BCUT2D eigenvalue weighted by Crippen LogP contribution is -2.36. The molecule has 1 atom stereocenters. The lowest BCUT2D eigenvalue weighted by molar-refractivity contribution is 0.114. The molecule has 3 rings (SSSR count). The summed E-state index contributed by atoms with van der Waals surface area (Å²) in [5.41, 5.74) is 1.18. The van der Waals surface area contributed by atoms with Crippen LogP contribution in [0.1, 0.15) is 27.2 Å². The maximum atomic E-state index is 14.5. The summed E-state index contributed by atoms with van der Waals surface area (Å²) in [6.45, 7) is 9.36. The van der Waals surface area contributed by atoms with E-state index in [0.717, 1.165) is 6.42 Å². The van der Waals surface area contributed by atoms with Gasteiger partial charge in [-0.15, -0.1) is 0 Å². The molecule has 0 spiro atoms. The molecule has 0 radical (unpaired) electrons. The fourth-order valence-electron chi connectivity index (χ4n) is 3.25. The topological polar surface area (TPSA) is 42.0 Å². The van der Waals surface area contributed by atoms with Gasteiger partial charge in [0.2, 0.25) is 0 Å². The Morgan fingerprint density at radius 3 is 2.58 bits per heavy atom. The highest BCUT2D eigenvalue weighted by Gasteiger charge is 2.35. The van der Waals surface area contributed by atoms with Crippen molar-refractivity contribution in [2.75, 3.05) is 42.6 Å². The van der Waals surface area contributed by atoms with Crippen molar-refractivity contribution in [1.82, 2.24) is 0 Å². The lowest BCUT2D eigenvalue weighted by atomic mass is 9.89. The van der Waals surface area contributed by atoms with Crippen LogP contribution in [0.15, 0.2) is 18.2 Å². The van der Waals surface area contributed by atoms with Crippen molar-refractivity contribution >= 4 is 17.5 Å². The van der Waals surface area contributed by atoms with Gasteiger partial charge in [0.05, 0.1) is 31.1 Å². The van der Waals surface area contributed by atoms with Crippen molar-refractivity contribution in [1.29, 1.82) is 0 Å². The van der Waals surface area contributed by atoms with Crippen LogP contribution in [0.5, 0.6) is 0 Å². The molecule has 6 heteroatoms. The van der Waals surface area contributed by atoms with Crippen LogP contribution >= 0.6 is 0 Å². The Labute approximate surface area is 142 Å². The first-order valence-electron chi connectivity index (χ1n) is 8.44. The van der Waals surface area contributed by atoms with Gasteiger partial charge in [-0.2, -0.15) is 0 Å². The summed E-state index contributed by atoms with van der Waals surface area (Å²) in [7, 11) is 0. The quantitative estimate of drug-likeness (QED) is 0.848. The number of benzene rings is 1. The van der Waals surface area contributed by atoms with Crippen molar-refractivity contribution in [2.24, 2.45) is 5.41 Å². The highest BCUT2D eigenvalue weighted by Crippen LogP contribution is 2.31. The van der Waals surface area contributed by atoms with Crippen molar-refractivity contribution in [3.05, 3.63) is 24.0 Å². The summed E-state index contributed by atoms with van der Waals surface area (Å²) in [6.07, 6.45) is 0.228. The second-order valence-corrected chi connectivity index (χ2v) is 7.62. The summed E-state index contributed by atoms with van der Waals surface area (Å²) < 4.78 is 25.2. The zero-order valence-corrected chi connectivity index (χ0v) is 14.5. The number of hydrogen-bond donors (Lipinski definition) is 0. The first kappa shape index (κ1) is 17.0. The van der Waals surface area contributed by atoms with Crippen LogP contribution in [0.25, 0.3) is 0 Å². The van der Waals surface area contributed by atoms with Gasteiger partial charge in [0.15, 0.2) is 0 Å². The normalized spacial score (nSPS) is 22.0. The predicted molar refractivity (Wildman–Crippen MR) is 91.1 cm³/mol. The van der Waals surface area contributed by atoms with E-state index in [4.69, 9.17) is 9.47 Å². The summed E-state index contributed by atoms with van der Waals surface area (Å²) in [5.74, 6) is -0.318. The molecule has 0 unspecified atom stereocenters. The van der Waals surface area contributed by atoms with Crippen molar-refractivity contribution in [3.8, 4) is 0 Å². The SMILES string of the molecule is CC(C)(C)C[C@H]1CN(c2ccc(N3CCOCC3)c(F)c2)C(=O)O1. The second kappa shape index (κ2) is 6.59. The minimum atomic E-state index is -0.400. The Hall–Kier alpha value is -1.82. The fourth-order valence-corrected chi connectivity index (χ4v) is 3.25. The molecule has 1 amide bonds. The van der Waals surface area contributed by atoms with E-state index in [1.165, 1.54) is 11.0 Å². The third-order valence-electron chi connectivity index (χ3n) is 4.31. The monoisotopic (exact) mass is 336 g/mol. The van der Waals surface area contributed by atoms with Gasteiger partial charge in [0, 0.05) is 13.1 Å². The minimum absolute atomic E-state index is 0.0758. The van der Waals surface area contributed by atoms with Crippen LogP contribution in [0.2, 0.25) is 0 Å². The van der Waals surface area contributed by atoms with Crippen LogP contribution in [0.3, 0.4) is 0 Å². The number of hydrogen-bond acceptors (Lipinski definition) is 4. The molecule has 0 saturated carbocycles. The molecule has 0 N–H and O–H groups in total. The van der Waals surface area contributed by atoms with E-state index in [-0.39, 0.29) is 17.3 Å². The molecular formula is C18H25FN2O3. The summed E-state index contributed by atoms with van der Waals surface area (Å²) in [6, 6.07) is 4.94. The van der Waals surface area contributed by atoms with E-state index in [9.17, 15) is 9.18 Å². The number of cyclic esters (lactones) is 1. The maximum Gasteiger partial charge on any atom is 0.414 e. The molecule has 2 saturated heterocycles. The van der Waals surface area contributed by atoms with Gasteiger partial charge in [0.1, 0.15) is 11.9 Å². The fraction of sp³-hybridized carbons (Fsp3) is 0.611. The van der Waals surface area contributed by atoms with Crippen LogP contribution < -0.4 is 9.80 Å². The van der Waals surface area contributed by atoms with Crippen LogP contribution in [-0.4, -0.2) is 45.0 Å². The zero-order chi connectivity index (χ0) is 17.3. The van der Waals surface area contributed by atoms with Gasteiger partial charge in [-0.05, 0) is 30.0 Å². The first-order chi connectivity index (χ1) is 11.3. The average Bonchev–Trinajstić information content (AvgIpc) is 2.86. The Morgan fingerprint density at radius 2 is 1.96 bits per heavy atom. The maximum absolute atomic E-state index is 14.5. The number of anilines is 2. The number of halogens is 1. The summed E-state index contributed by atoms with van der Waals surface area (Å²) in [4.78, 5) is 15.6. The van der Waals surface area contributed by atoms with Crippen molar-refractivity contribution < 1.29 is 18.7 Å². The standard InChI is InChI=1S/C18H25FN2O3/c1-18(2,3)11-14-12-21(17(22)24-14)13-4-5-16(15(19)10-13)20-6-8-23-9-7-20/h4-5,10,14H,6-9,11-12H2,1-3H3/t14-/m0/s1. The van der Waals surface area contributed by atoms with Gasteiger partial charge < -0.3 is 14.4 Å². The molecule has 0 aromatic heterocycles. The summed E-state index contributed by atoms with van der Waals surface area (Å²) >= 11 is 0. The van der Waals surface area contributed by atoms with E-state index in [1.54, 1.807) is 12.1 Å². The van der Waals surface area contributed by atoms with Crippen LogP contribution in [0, 0.1) is 11.2 Å². The highest BCUT2D eigenvalue weighted by atomic mass is 19.1. The number of rotatable bonds is 3. The molecule has 0 aliphatic carbocycles. The van der Waals surface area contributed by atoms with E-state index >= 15 is 0 Å². The number of morpholine rings is 1. The van der Waals surface area contributed by atoms with E-state index in [0.29, 0.717) is 44.2 Å². The van der Waals surface area contributed by atoms with Gasteiger partial charge in [0.25, 0.3) is 0 Å². The summed E-state index contributed by atoms with van der Waals surface area (Å²) in [5, 5.41) is 0. The van der Waals surface area contributed by atoms with E-state index < -0.39 is 6.09 Å². The Balaban J connectivity index is 1.73. The third-order valence-corrected chi connectivity index (χ3v) is 4.31. The number of carbonyl (C=O) groups is 1. The average molecular weight is 336 g/mol. The Kier molecular flexibility index (Phi) is 4.67. The number of carbonyl (C=O) groups excluding carboxylic acids is 1. The van der Waals surface area contributed by atoms with Crippen LogP contribution in [0.4, 0.5) is 20.6 Å². The third kappa shape index (κ3) is 3.80. The number of nitrogens with zero attached hydrogens (tertiary/aromatic N) is 2. The molecule has 2 heterocycles. The smallest absolute Gasteiger partial charge is 0.414 e. The molecule has 5 nitrogen and oxygen atoms in total. The number of amides is 1. The van der Waals surface area contributed by atoms with Gasteiger partial charge >= 0.3 is 6.09 Å². The molecule has 2 aliphatic heterocycles. The van der Waals surface area contributed by atoms with Gasteiger partial charge in [-0.3, -0.25) is 4.90 Å². The molecular weight excluding hydrogens is 311 g/mol. The van der Waals surface area contributed by atoms with Crippen LogP contribution in [-0.2, 0) is 9.47 Å². The minimum Gasteiger partial charge on any atom is -0.444 e. The predicted octanol–water partition coefficient (Wildman–Crippen LogP) is 3.42. The molecule has 2 fully saturated rings. The molecule has 1 aromatic rings. The van der Waals surface area contributed by atoms with E-state index in [2.05, 4.69) is 20.8 Å². The molecule has 24 heavy (non-hydrogen) atoms. The Bertz CT molecular complexity index is 609. The second-order valence-electron chi connectivity index (χ2n) is 7.62. The molecule has 1 aromatic carbocycles. The molecule has 0 bridgehead atoms. The largest absolute Gasteiger partial charge is 0.444 e. The van der Waals surface area contributed by atoms with Crippen molar-refractivity contribution in [2.45, 2.75) is 33.3 Å². The highest BCUT2D eigenvalue weighted by molar-refractivity contribution is 5.90. The molecule has 2 aliphatic rings. The lowest BCUT2D eigenvalue weighted by Gasteiger charge is -2.29. The molecule has 132 valence electrons. The first-order valence-corrected chi connectivity index (χ1v) is 8.44. The number of ether oxygens (including phenoxy) is 2. The zero-order valence-electron chi connectivity index (χ0n) is 14.5. The Morgan fingerprint density at radius 1 is 1.25 bits per heavy atom. The van der Waals surface area contributed by atoms with Gasteiger partial charge in [-0.25, -0.2) is 9.18 Å². The van der Waals surface area contributed by atoms with Crippen molar-refractivity contribution in [3.63, 3.8) is 0 Å². The van der Waals surface area contributed by atoms with Gasteiger partial charge in [-0.1, -0.05) is 20.8 Å². The van der Waals surface area contributed by atoms with E-state index in [1.807, 2.05) is 4.90 Å².